The number of aryl methyl sites for hydroxylation is 1. The number of aromatic amines is 1. The fourth-order valence-corrected chi connectivity index (χ4v) is 0.863. The number of hydrogen-bond donors (Lipinski definition) is 1. The third-order valence-electron chi connectivity index (χ3n) is 1.52. The number of halogens is 3. The van der Waals surface area contributed by atoms with E-state index in [1.54, 1.807) is 12.3 Å². The monoisotopic (exact) mass is 193 g/mol. The van der Waals surface area contributed by atoms with Crippen LogP contribution in [0.1, 0.15) is 12.5 Å². The van der Waals surface area contributed by atoms with Crippen molar-refractivity contribution in [3.63, 3.8) is 0 Å². The minimum atomic E-state index is -4.28. The highest BCUT2D eigenvalue weighted by Crippen LogP contribution is 2.18. The number of alkyl halides is 3. The maximum absolute atomic E-state index is 11.7. The van der Waals surface area contributed by atoms with E-state index >= 15 is 0 Å². The van der Waals surface area contributed by atoms with E-state index in [1.165, 1.54) is 0 Å². The lowest BCUT2D eigenvalue weighted by molar-refractivity contribution is -0.154. The van der Waals surface area contributed by atoms with Gasteiger partial charge in [-0.05, 0) is 12.0 Å². The molecule has 0 saturated carbocycles. The molecule has 0 atom stereocenters. The predicted octanol–water partition coefficient (Wildman–Crippen LogP) is 2.52. The second kappa shape index (κ2) is 3.72. The van der Waals surface area contributed by atoms with E-state index in [4.69, 9.17) is 0 Å². The minimum absolute atomic E-state index is 0.161. The molecule has 0 aliphatic rings. The average molecular weight is 193 g/mol. The fourth-order valence-electron chi connectivity index (χ4n) is 0.863. The summed E-state index contributed by atoms with van der Waals surface area (Å²) in [6.45, 7) is 0.660. The topological polar surface area (TPSA) is 25.0 Å². The molecule has 2 nitrogen and oxygen atoms in total. The van der Waals surface area contributed by atoms with Crippen molar-refractivity contribution in [3.05, 3.63) is 17.8 Å². The molecule has 0 radical (unpaired) electrons. The van der Waals surface area contributed by atoms with Crippen molar-refractivity contribution in [2.24, 2.45) is 0 Å². The van der Waals surface area contributed by atoms with Crippen LogP contribution in [0.5, 0.6) is 5.88 Å². The van der Waals surface area contributed by atoms with Crippen LogP contribution in [0.4, 0.5) is 13.2 Å². The lowest BCUT2D eigenvalue weighted by Crippen LogP contribution is -2.19. The molecule has 5 heteroatoms. The lowest BCUT2D eigenvalue weighted by Gasteiger charge is -2.06. The Hall–Kier alpha value is -1.13. The van der Waals surface area contributed by atoms with Crippen LogP contribution in [0.15, 0.2) is 12.3 Å². The second-order valence-corrected chi connectivity index (χ2v) is 2.63. The fraction of sp³-hybridized carbons (Fsp3) is 0.500. The molecule has 0 aliphatic heterocycles. The van der Waals surface area contributed by atoms with E-state index in [0.29, 0.717) is 0 Å². The number of nitrogens with one attached hydrogen (secondary N) is 1. The van der Waals surface area contributed by atoms with Gasteiger partial charge in [0.05, 0.1) is 0 Å². The summed E-state index contributed by atoms with van der Waals surface area (Å²) < 4.78 is 39.5. The summed E-state index contributed by atoms with van der Waals surface area (Å²) in [5.74, 6) is 0.161. The van der Waals surface area contributed by atoms with Gasteiger partial charge in [-0.25, -0.2) is 0 Å². The lowest BCUT2D eigenvalue weighted by atomic mass is 10.3. The summed E-state index contributed by atoms with van der Waals surface area (Å²) >= 11 is 0. The molecule has 1 N–H and O–H groups in total. The Morgan fingerprint density at radius 3 is 2.62 bits per heavy atom. The van der Waals surface area contributed by atoms with Crippen LogP contribution >= 0.6 is 0 Å². The zero-order chi connectivity index (χ0) is 9.90. The average Bonchev–Trinajstić information content (AvgIpc) is 2.47. The first kappa shape index (κ1) is 9.95. The highest BCUT2D eigenvalue weighted by Gasteiger charge is 2.28. The van der Waals surface area contributed by atoms with Crippen LogP contribution in [0, 0.1) is 0 Å². The predicted molar refractivity (Wildman–Crippen MR) is 41.7 cm³/mol. The molecule has 74 valence electrons. The Labute approximate surface area is 73.7 Å². The zero-order valence-electron chi connectivity index (χ0n) is 7.11. The first-order valence-electron chi connectivity index (χ1n) is 3.88. The van der Waals surface area contributed by atoms with Crippen LogP contribution in [-0.4, -0.2) is 17.8 Å². The van der Waals surface area contributed by atoms with Gasteiger partial charge in [0.2, 0.25) is 0 Å². The quantitative estimate of drug-likeness (QED) is 0.783. The van der Waals surface area contributed by atoms with Crippen LogP contribution in [0.25, 0.3) is 0 Å². The van der Waals surface area contributed by atoms with Crippen molar-refractivity contribution in [1.29, 1.82) is 0 Å². The van der Waals surface area contributed by atoms with E-state index in [2.05, 4.69) is 9.72 Å². The molecule has 13 heavy (non-hydrogen) atoms. The van der Waals surface area contributed by atoms with Crippen molar-refractivity contribution < 1.29 is 17.9 Å². The summed E-state index contributed by atoms with van der Waals surface area (Å²) in [6, 6.07) is 1.56. The Bertz CT molecular complexity index is 267. The first-order valence-corrected chi connectivity index (χ1v) is 3.88. The second-order valence-electron chi connectivity index (χ2n) is 2.63. The molecular formula is C8H10F3NO. The molecule has 1 aromatic rings. The van der Waals surface area contributed by atoms with Crippen molar-refractivity contribution in [2.75, 3.05) is 6.61 Å². The molecule has 1 aromatic heterocycles. The van der Waals surface area contributed by atoms with Gasteiger partial charge in [0.25, 0.3) is 0 Å². The maximum atomic E-state index is 11.7. The van der Waals surface area contributed by atoms with Gasteiger partial charge in [0.1, 0.15) is 0 Å². The summed E-state index contributed by atoms with van der Waals surface area (Å²) in [5, 5.41) is 0. The summed E-state index contributed by atoms with van der Waals surface area (Å²) in [4.78, 5) is 2.61. The van der Waals surface area contributed by atoms with E-state index in [1.807, 2.05) is 6.92 Å². The molecule has 1 heterocycles. The van der Waals surface area contributed by atoms with Gasteiger partial charge in [0, 0.05) is 12.3 Å². The molecule has 0 spiro atoms. The molecule has 0 unspecified atom stereocenters. The van der Waals surface area contributed by atoms with Crippen LogP contribution in [-0.2, 0) is 6.42 Å². The van der Waals surface area contributed by atoms with Gasteiger partial charge < -0.3 is 9.72 Å². The number of aromatic nitrogens is 1. The van der Waals surface area contributed by atoms with E-state index in [9.17, 15) is 13.2 Å². The summed E-state index contributed by atoms with van der Waals surface area (Å²) in [7, 11) is 0. The van der Waals surface area contributed by atoms with Crippen molar-refractivity contribution in [1.82, 2.24) is 4.98 Å². The number of rotatable bonds is 3. The Morgan fingerprint density at radius 1 is 1.46 bits per heavy atom. The summed E-state index contributed by atoms with van der Waals surface area (Å²) in [5.41, 5.74) is 0.928. The van der Waals surface area contributed by atoms with E-state index in [0.717, 1.165) is 12.0 Å². The third-order valence-corrected chi connectivity index (χ3v) is 1.52. The Morgan fingerprint density at radius 2 is 2.15 bits per heavy atom. The van der Waals surface area contributed by atoms with Crippen LogP contribution in [0.2, 0.25) is 0 Å². The van der Waals surface area contributed by atoms with E-state index < -0.39 is 12.8 Å². The largest absolute Gasteiger partial charge is 0.469 e. The molecule has 0 saturated heterocycles. The van der Waals surface area contributed by atoms with Crippen molar-refractivity contribution in [2.45, 2.75) is 19.5 Å². The number of H-pyrrole nitrogens is 1. The molecule has 0 amide bonds. The highest BCUT2D eigenvalue weighted by molar-refractivity contribution is 5.21. The van der Waals surface area contributed by atoms with Crippen molar-refractivity contribution in [3.8, 4) is 5.88 Å². The molecule has 0 aromatic carbocycles. The first-order chi connectivity index (χ1) is 6.01. The third kappa shape index (κ3) is 3.40. The molecule has 1 rings (SSSR count). The van der Waals surface area contributed by atoms with Gasteiger partial charge in [-0.15, -0.1) is 0 Å². The molecule has 0 fully saturated rings. The minimum Gasteiger partial charge on any atom is -0.469 e. The molecular weight excluding hydrogens is 183 g/mol. The standard InChI is InChI=1S/C8H10F3NO/c1-2-6-3-7(12-4-6)13-5-8(9,10)11/h3-4,12H,2,5H2,1H3. The maximum Gasteiger partial charge on any atom is 0.422 e. The van der Waals surface area contributed by atoms with Crippen LogP contribution < -0.4 is 4.74 Å². The Balaban J connectivity index is 2.46. The van der Waals surface area contributed by atoms with Gasteiger partial charge in [-0.2, -0.15) is 13.2 Å². The molecule has 0 aliphatic carbocycles. The number of hydrogen-bond acceptors (Lipinski definition) is 1. The summed E-state index contributed by atoms with van der Waals surface area (Å²) in [6.07, 6.45) is -1.88. The zero-order valence-corrected chi connectivity index (χ0v) is 7.11. The van der Waals surface area contributed by atoms with Gasteiger partial charge >= 0.3 is 6.18 Å². The van der Waals surface area contributed by atoms with Gasteiger partial charge in [0.15, 0.2) is 12.5 Å². The van der Waals surface area contributed by atoms with Gasteiger partial charge in [-0.1, -0.05) is 6.92 Å². The van der Waals surface area contributed by atoms with Crippen molar-refractivity contribution >= 4 is 0 Å². The van der Waals surface area contributed by atoms with E-state index in [-0.39, 0.29) is 5.88 Å². The Kier molecular flexibility index (Phi) is 2.85. The SMILES string of the molecule is CCc1c[nH]c(OCC(F)(F)F)c1. The van der Waals surface area contributed by atoms with Crippen LogP contribution in [0.3, 0.4) is 0 Å². The van der Waals surface area contributed by atoms with Gasteiger partial charge in [-0.3, -0.25) is 0 Å². The number of ether oxygens (including phenoxy) is 1. The smallest absolute Gasteiger partial charge is 0.422 e. The molecule has 0 bridgehead atoms. The normalized spacial score (nSPS) is 11.7. The highest BCUT2D eigenvalue weighted by atomic mass is 19.4.